The van der Waals surface area contributed by atoms with Crippen molar-refractivity contribution in [3.8, 4) is 0 Å². The number of rotatable bonds is 4. The van der Waals surface area contributed by atoms with E-state index in [1.165, 1.54) is 12.8 Å². The quantitative estimate of drug-likeness (QED) is 0.862. The first-order chi connectivity index (χ1) is 8.90. The van der Waals surface area contributed by atoms with E-state index in [-0.39, 0.29) is 0 Å². The van der Waals surface area contributed by atoms with Crippen LogP contribution in [0.25, 0.3) is 11.2 Å². The minimum absolute atomic E-state index is 0.546. The second-order valence-corrected chi connectivity index (χ2v) is 5.00. The van der Waals surface area contributed by atoms with Crippen LogP contribution in [0.3, 0.4) is 0 Å². The maximum absolute atomic E-state index is 5.79. The zero-order chi connectivity index (χ0) is 12.4. The minimum Gasteiger partial charge on any atom is -0.352 e. The number of halogens is 1. The zero-order valence-electron chi connectivity index (χ0n) is 10.1. The number of aromatic nitrogens is 4. The van der Waals surface area contributed by atoms with Crippen LogP contribution < -0.4 is 4.90 Å². The molecule has 1 fully saturated rings. The van der Waals surface area contributed by atoms with E-state index in [1.807, 2.05) is 0 Å². The Kier molecular flexibility index (Phi) is 3.32. The summed E-state index contributed by atoms with van der Waals surface area (Å²) in [6.07, 6.45) is 7.88. The smallest absolute Gasteiger partial charge is 0.182 e. The van der Waals surface area contributed by atoms with Crippen molar-refractivity contribution in [3.05, 3.63) is 12.7 Å². The van der Waals surface area contributed by atoms with Crippen LogP contribution in [0.15, 0.2) is 12.7 Å². The highest BCUT2D eigenvalue weighted by Crippen LogP contribution is 2.29. The number of nitrogens with one attached hydrogen (secondary N) is 1. The molecule has 18 heavy (non-hydrogen) atoms. The maximum atomic E-state index is 5.79. The fraction of sp³-hybridized carbons (Fsp3) is 0.583. The molecule has 0 aromatic carbocycles. The number of anilines is 1. The fourth-order valence-electron chi connectivity index (χ4n) is 2.70. The summed E-state index contributed by atoms with van der Waals surface area (Å²) in [7, 11) is 0. The van der Waals surface area contributed by atoms with Gasteiger partial charge < -0.3 is 9.88 Å². The van der Waals surface area contributed by atoms with Crippen molar-refractivity contribution in [1.29, 1.82) is 0 Å². The monoisotopic (exact) mass is 265 g/mol. The van der Waals surface area contributed by atoms with Gasteiger partial charge >= 0.3 is 0 Å². The second-order valence-electron chi connectivity index (χ2n) is 4.62. The first-order valence-electron chi connectivity index (χ1n) is 6.37. The van der Waals surface area contributed by atoms with Crippen molar-refractivity contribution in [3.63, 3.8) is 0 Å². The molecule has 96 valence electrons. The molecule has 1 aliphatic heterocycles. The van der Waals surface area contributed by atoms with E-state index in [4.69, 9.17) is 11.6 Å². The average Bonchev–Trinajstić information content (AvgIpc) is 3.04. The first kappa shape index (κ1) is 11.7. The lowest BCUT2D eigenvalue weighted by Gasteiger charge is -2.25. The Bertz CT molecular complexity index is 526. The SMILES string of the molecule is ClCCCC1CCCN1c1ncnc2nc[nH]c12. The standard InChI is InChI=1S/C12H16ClN5/c13-5-1-3-9-4-2-6-18(9)12-10-11(15-7-14-10)16-8-17-12/h7-9H,1-6H2,(H,14,15,16,17). The van der Waals surface area contributed by atoms with Gasteiger partial charge in [-0.05, 0) is 25.7 Å². The third-order valence-corrected chi connectivity index (χ3v) is 3.79. The zero-order valence-corrected chi connectivity index (χ0v) is 10.9. The number of imidazole rings is 1. The molecule has 3 heterocycles. The van der Waals surface area contributed by atoms with Crippen LogP contribution in [-0.4, -0.2) is 38.4 Å². The maximum Gasteiger partial charge on any atom is 0.182 e. The molecular weight excluding hydrogens is 250 g/mol. The summed E-state index contributed by atoms with van der Waals surface area (Å²) in [5.74, 6) is 1.71. The van der Waals surface area contributed by atoms with Gasteiger partial charge in [0.25, 0.3) is 0 Å². The number of hydrogen-bond donors (Lipinski definition) is 1. The normalized spacial score (nSPS) is 19.8. The molecule has 0 aliphatic carbocycles. The van der Waals surface area contributed by atoms with Gasteiger partial charge in [-0.2, -0.15) is 0 Å². The molecule has 2 aromatic heterocycles. The number of aromatic amines is 1. The molecule has 0 saturated carbocycles. The largest absolute Gasteiger partial charge is 0.352 e. The van der Waals surface area contributed by atoms with Gasteiger partial charge in [-0.1, -0.05) is 0 Å². The summed E-state index contributed by atoms with van der Waals surface area (Å²) in [6, 6.07) is 0.546. The van der Waals surface area contributed by atoms with Gasteiger partial charge in [0.05, 0.1) is 6.33 Å². The van der Waals surface area contributed by atoms with Gasteiger partial charge in [-0.15, -0.1) is 11.6 Å². The Hall–Kier alpha value is -1.36. The average molecular weight is 266 g/mol. The highest BCUT2D eigenvalue weighted by atomic mass is 35.5. The molecule has 0 spiro atoms. The summed E-state index contributed by atoms with van der Waals surface area (Å²) in [5, 5.41) is 0. The minimum atomic E-state index is 0.546. The van der Waals surface area contributed by atoms with Gasteiger partial charge in [-0.25, -0.2) is 15.0 Å². The first-order valence-corrected chi connectivity index (χ1v) is 6.90. The molecule has 1 unspecified atom stereocenters. The molecule has 0 bridgehead atoms. The second kappa shape index (κ2) is 5.10. The predicted molar refractivity (Wildman–Crippen MR) is 72.0 cm³/mol. The van der Waals surface area contributed by atoms with Gasteiger partial charge in [-0.3, -0.25) is 0 Å². The molecule has 0 amide bonds. The highest BCUT2D eigenvalue weighted by molar-refractivity contribution is 6.17. The van der Waals surface area contributed by atoms with Gasteiger partial charge in [0, 0.05) is 18.5 Å². The topological polar surface area (TPSA) is 57.7 Å². The highest BCUT2D eigenvalue weighted by Gasteiger charge is 2.27. The van der Waals surface area contributed by atoms with Crippen LogP contribution in [0.2, 0.25) is 0 Å². The van der Waals surface area contributed by atoms with Gasteiger partial charge in [0.15, 0.2) is 11.5 Å². The van der Waals surface area contributed by atoms with Crippen LogP contribution in [0, 0.1) is 0 Å². The van der Waals surface area contributed by atoms with E-state index >= 15 is 0 Å². The number of nitrogens with zero attached hydrogens (tertiary/aromatic N) is 4. The van der Waals surface area contributed by atoms with E-state index in [2.05, 4.69) is 24.8 Å². The Morgan fingerprint density at radius 3 is 3.22 bits per heavy atom. The van der Waals surface area contributed by atoms with E-state index < -0.39 is 0 Å². The molecule has 1 saturated heterocycles. The van der Waals surface area contributed by atoms with Crippen LogP contribution in [0.1, 0.15) is 25.7 Å². The van der Waals surface area contributed by atoms with Crippen LogP contribution in [0.5, 0.6) is 0 Å². The summed E-state index contributed by atoms with van der Waals surface area (Å²) >= 11 is 5.79. The molecule has 5 nitrogen and oxygen atoms in total. The molecule has 1 atom stereocenters. The molecule has 0 radical (unpaired) electrons. The van der Waals surface area contributed by atoms with E-state index in [1.54, 1.807) is 12.7 Å². The van der Waals surface area contributed by atoms with Crippen LogP contribution >= 0.6 is 11.6 Å². The summed E-state index contributed by atoms with van der Waals surface area (Å²) < 4.78 is 0. The van der Waals surface area contributed by atoms with Crippen LogP contribution in [-0.2, 0) is 0 Å². The Morgan fingerprint density at radius 1 is 1.39 bits per heavy atom. The fourth-order valence-corrected chi connectivity index (χ4v) is 2.85. The Balaban J connectivity index is 1.90. The Morgan fingerprint density at radius 2 is 2.33 bits per heavy atom. The lowest BCUT2D eigenvalue weighted by Crippen LogP contribution is -2.30. The van der Waals surface area contributed by atoms with E-state index in [0.717, 1.165) is 42.2 Å². The number of hydrogen-bond acceptors (Lipinski definition) is 4. The summed E-state index contributed by atoms with van der Waals surface area (Å²) in [6.45, 7) is 1.05. The van der Waals surface area contributed by atoms with Crippen molar-refractivity contribution in [2.75, 3.05) is 17.3 Å². The van der Waals surface area contributed by atoms with Gasteiger partial charge in [0.2, 0.25) is 0 Å². The molecule has 6 heteroatoms. The Labute approximate surface area is 111 Å². The van der Waals surface area contributed by atoms with Crippen molar-refractivity contribution in [2.24, 2.45) is 0 Å². The molecule has 3 rings (SSSR count). The summed E-state index contributed by atoms with van der Waals surface area (Å²) in [4.78, 5) is 18.3. The summed E-state index contributed by atoms with van der Waals surface area (Å²) in [5.41, 5.74) is 1.68. The van der Waals surface area contributed by atoms with Gasteiger partial charge in [0.1, 0.15) is 11.8 Å². The third kappa shape index (κ3) is 2.03. The van der Waals surface area contributed by atoms with Crippen molar-refractivity contribution >= 4 is 28.6 Å². The van der Waals surface area contributed by atoms with Crippen molar-refractivity contribution < 1.29 is 0 Å². The van der Waals surface area contributed by atoms with E-state index in [0.29, 0.717) is 6.04 Å². The lowest BCUT2D eigenvalue weighted by molar-refractivity contribution is 0.599. The molecule has 1 N–H and O–H groups in total. The number of H-pyrrole nitrogens is 1. The van der Waals surface area contributed by atoms with Crippen LogP contribution in [0.4, 0.5) is 5.82 Å². The number of alkyl halides is 1. The molecule has 1 aliphatic rings. The molecule has 2 aromatic rings. The lowest BCUT2D eigenvalue weighted by atomic mass is 10.1. The van der Waals surface area contributed by atoms with Crippen molar-refractivity contribution in [1.82, 2.24) is 19.9 Å². The third-order valence-electron chi connectivity index (χ3n) is 3.52. The molecular formula is C12H16ClN5. The van der Waals surface area contributed by atoms with E-state index in [9.17, 15) is 0 Å². The van der Waals surface area contributed by atoms with Crippen molar-refractivity contribution in [2.45, 2.75) is 31.7 Å². The predicted octanol–water partition coefficient (Wildman–Crippen LogP) is 2.34. The number of fused-ring (bicyclic) bond motifs is 1.